The molecule has 126 valence electrons. The molecule has 0 radical (unpaired) electrons. The fourth-order valence-electron chi connectivity index (χ4n) is 3.63. The zero-order valence-electron chi connectivity index (χ0n) is 14.0. The van der Waals surface area contributed by atoms with Crippen LogP contribution >= 0.6 is 0 Å². The van der Waals surface area contributed by atoms with Crippen LogP contribution in [-0.2, 0) is 13.0 Å². The molecule has 25 heavy (non-hydrogen) atoms. The number of aliphatic hydroxyl groups is 1. The van der Waals surface area contributed by atoms with Crippen molar-refractivity contribution in [3.05, 3.63) is 77.4 Å². The van der Waals surface area contributed by atoms with E-state index >= 15 is 0 Å². The monoisotopic (exact) mass is 331 g/mol. The Bertz CT molecular complexity index is 918. The van der Waals surface area contributed by atoms with E-state index < -0.39 is 0 Å². The van der Waals surface area contributed by atoms with Crippen LogP contribution in [0.2, 0.25) is 0 Å². The predicted octanol–water partition coefficient (Wildman–Crippen LogP) is 3.75. The van der Waals surface area contributed by atoms with E-state index in [9.17, 15) is 0 Å². The fourth-order valence-corrected chi connectivity index (χ4v) is 3.63. The van der Waals surface area contributed by atoms with Crippen molar-refractivity contribution in [1.82, 2.24) is 0 Å². The molecule has 3 aromatic carbocycles. The summed E-state index contributed by atoms with van der Waals surface area (Å²) in [5, 5.41) is 8.96. The van der Waals surface area contributed by atoms with E-state index in [-0.39, 0.29) is 13.2 Å². The van der Waals surface area contributed by atoms with E-state index in [1.165, 1.54) is 27.8 Å². The first-order chi connectivity index (χ1) is 12.3. The van der Waals surface area contributed by atoms with Crippen LogP contribution in [0.25, 0.3) is 22.3 Å². The summed E-state index contributed by atoms with van der Waals surface area (Å²) in [6.07, 6.45) is 0.961. The Morgan fingerprint density at radius 2 is 1.72 bits per heavy atom. The van der Waals surface area contributed by atoms with Crippen LogP contribution in [0.5, 0.6) is 5.75 Å². The number of ether oxygens (including phenoxy) is 1. The number of fused-ring (bicyclic) bond motifs is 3. The Kier molecular flexibility index (Phi) is 4.26. The second-order valence-corrected chi connectivity index (χ2v) is 6.26. The van der Waals surface area contributed by atoms with Gasteiger partial charge in [0.1, 0.15) is 12.4 Å². The van der Waals surface area contributed by atoms with Crippen molar-refractivity contribution in [3.8, 4) is 28.0 Å². The maximum atomic E-state index is 8.96. The molecule has 4 rings (SSSR count). The Labute approximate surface area is 147 Å². The molecule has 3 N–H and O–H groups in total. The second-order valence-electron chi connectivity index (χ2n) is 6.26. The average molecular weight is 331 g/mol. The van der Waals surface area contributed by atoms with Crippen molar-refractivity contribution in [3.63, 3.8) is 0 Å². The summed E-state index contributed by atoms with van der Waals surface area (Å²) in [5.41, 5.74) is 14.7. The zero-order valence-corrected chi connectivity index (χ0v) is 14.0. The maximum absolute atomic E-state index is 8.96. The largest absolute Gasteiger partial charge is 0.491 e. The van der Waals surface area contributed by atoms with E-state index in [0.29, 0.717) is 6.54 Å². The van der Waals surface area contributed by atoms with Gasteiger partial charge in [-0.1, -0.05) is 48.5 Å². The topological polar surface area (TPSA) is 55.5 Å². The molecule has 0 atom stereocenters. The molecular weight excluding hydrogens is 310 g/mol. The van der Waals surface area contributed by atoms with Gasteiger partial charge in [0.2, 0.25) is 0 Å². The lowest BCUT2D eigenvalue weighted by Crippen LogP contribution is -2.06. The molecule has 0 aromatic heterocycles. The van der Waals surface area contributed by atoms with Crippen molar-refractivity contribution in [2.45, 2.75) is 13.0 Å². The number of aliphatic hydroxyl groups excluding tert-OH is 1. The van der Waals surface area contributed by atoms with E-state index in [1.54, 1.807) is 0 Å². The molecule has 1 aliphatic rings. The molecule has 0 amide bonds. The summed E-state index contributed by atoms with van der Waals surface area (Å²) >= 11 is 0. The van der Waals surface area contributed by atoms with Gasteiger partial charge >= 0.3 is 0 Å². The molecular formula is C22H21NO2. The molecule has 0 unspecified atom stereocenters. The van der Waals surface area contributed by atoms with E-state index in [4.69, 9.17) is 15.6 Å². The molecule has 0 fully saturated rings. The summed E-state index contributed by atoms with van der Waals surface area (Å²) in [7, 11) is 0. The molecule has 0 aliphatic heterocycles. The predicted molar refractivity (Wildman–Crippen MR) is 101 cm³/mol. The van der Waals surface area contributed by atoms with Gasteiger partial charge in [-0.05, 0) is 51.9 Å². The van der Waals surface area contributed by atoms with Crippen LogP contribution in [0.1, 0.15) is 16.7 Å². The molecule has 0 saturated heterocycles. The highest BCUT2D eigenvalue weighted by Gasteiger charge is 2.21. The summed E-state index contributed by atoms with van der Waals surface area (Å²) in [5.74, 6) is 0.746. The lowest BCUT2D eigenvalue weighted by atomic mass is 9.94. The van der Waals surface area contributed by atoms with Gasteiger partial charge in [0, 0.05) is 12.1 Å². The first-order valence-corrected chi connectivity index (χ1v) is 8.59. The van der Waals surface area contributed by atoms with Gasteiger partial charge in [0.05, 0.1) is 6.61 Å². The van der Waals surface area contributed by atoms with Crippen molar-refractivity contribution >= 4 is 0 Å². The van der Waals surface area contributed by atoms with Crippen molar-refractivity contribution in [2.24, 2.45) is 5.73 Å². The van der Waals surface area contributed by atoms with E-state index in [2.05, 4.69) is 54.6 Å². The van der Waals surface area contributed by atoms with Gasteiger partial charge in [-0.3, -0.25) is 0 Å². The molecule has 0 heterocycles. The molecule has 0 spiro atoms. The third kappa shape index (κ3) is 2.82. The number of hydrogen-bond acceptors (Lipinski definition) is 3. The Morgan fingerprint density at radius 1 is 0.920 bits per heavy atom. The molecule has 1 aliphatic carbocycles. The Balaban J connectivity index is 1.77. The number of benzene rings is 3. The van der Waals surface area contributed by atoms with Crippen LogP contribution in [0.4, 0.5) is 0 Å². The van der Waals surface area contributed by atoms with Crippen molar-refractivity contribution in [1.29, 1.82) is 0 Å². The van der Waals surface area contributed by atoms with Gasteiger partial charge in [0.15, 0.2) is 0 Å². The van der Waals surface area contributed by atoms with Gasteiger partial charge in [-0.15, -0.1) is 0 Å². The second kappa shape index (κ2) is 6.71. The minimum absolute atomic E-state index is 0.00376. The third-order valence-electron chi connectivity index (χ3n) is 4.79. The zero-order chi connectivity index (χ0) is 17.2. The Morgan fingerprint density at radius 3 is 2.56 bits per heavy atom. The smallest absolute Gasteiger partial charge is 0.123 e. The first-order valence-electron chi connectivity index (χ1n) is 8.59. The van der Waals surface area contributed by atoms with Gasteiger partial charge in [-0.2, -0.15) is 0 Å². The highest BCUT2D eigenvalue weighted by Crippen LogP contribution is 2.41. The van der Waals surface area contributed by atoms with Gasteiger partial charge < -0.3 is 15.6 Å². The molecule has 3 heteroatoms. The van der Waals surface area contributed by atoms with Crippen LogP contribution in [0.3, 0.4) is 0 Å². The molecule has 0 saturated carbocycles. The maximum Gasteiger partial charge on any atom is 0.123 e. The lowest BCUT2D eigenvalue weighted by molar-refractivity contribution is 0.200. The number of nitrogens with two attached hydrogens (primary N) is 1. The highest BCUT2D eigenvalue weighted by atomic mass is 16.5. The third-order valence-corrected chi connectivity index (χ3v) is 4.79. The minimum atomic E-state index is -0.00376. The van der Waals surface area contributed by atoms with Crippen LogP contribution in [0, 0.1) is 0 Å². The van der Waals surface area contributed by atoms with Crippen LogP contribution in [0.15, 0.2) is 60.7 Å². The summed E-state index contributed by atoms with van der Waals surface area (Å²) < 4.78 is 5.58. The molecule has 0 bridgehead atoms. The highest BCUT2D eigenvalue weighted by molar-refractivity contribution is 5.85. The summed E-state index contributed by atoms with van der Waals surface area (Å²) in [6.45, 7) is 0.683. The number of hydrogen-bond donors (Lipinski definition) is 2. The quantitative estimate of drug-likeness (QED) is 0.585. The van der Waals surface area contributed by atoms with E-state index in [1.807, 2.05) is 6.07 Å². The van der Waals surface area contributed by atoms with Crippen molar-refractivity contribution < 1.29 is 9.84 Å². The Hall–Kier alpha value is -2.62. The first kappa shape index (κ1) is 15.9. The van der Waals surface area contributed by atoms with Gasteiger partial charge in [0.25, 0.3) is 0 Å². The summed E-state index contributed by atoms with van der Waals surface area (Å²) in [4.78, 5) is 0. The minimum Gasteiger partial charge on any atom is -0.491 e. The number of rotatable bonds is 5. The average Bonchev–Trinajstić information content (AvgIpc) is 3.05. The van der Waals surface area contributed by atoms with E-state index in [0.717, 1.165) is 23.3 Å². The van der Waals surface area contributed by atoms with Crippen LogP contribution < -0.4 is 10.5 Å². The van der Waals surface area contributed by atoms with Crippen LogP contribution in [-0.4, -0.2) is 18.3 Å². The fraction of sp³-hybridized carbons (Fsp3) is 0.182. The normalized spacial score (nSPS) is 11.9. The standard InChI is InChI=1S/C22H21NO2/c23-14-17-12-16(8-9-22(17)25-11-10-24)19-6-3-7-20-18-5-2-1-4-15(18)13-21(19)20/h1-9,12,24H,10-11,13-14,23H2. The SMILES string of the molecule is NCc1cc(-c2cccc3c2Cc2ccccc2-3)ccc1OCCO. The lowest BCUT2D eigenvalue weighted by Gasteiger charge is -2.14. The molecule has 3 aromatic rings. The van der Waals surface area contributed by atoms with Crippen molar-refractivity contribution in [2.75, 3.05) is 13.2 Å². The van der Waals surface area contributed by atoms with Gasteiger partial charge in [-0.25, -0.2) is 0 Å². The summed E-state index contributed by atoms with van der Waals surface area (Å²) in [6, 6.07) is 21.2. The molecule has 3 nitrogen and oxygen atoms in total.